The van der Waals surface area contributed by atoms with E-state index in [9.17, 15) is 24.6 Å². The van der Waals surface area contributed by atoms with Gasteiger partial charge in [-0.05, 0) is 49.6 Å². The number of benzene rings is 1. The molecule has 0 spiro atoms. The Morgan fingerprint density at radius 3 is 2.02 bits per heavy atom. The second kappa shape index (κ2) is 15.7. The maximum absolute atomic E-state index is 12.8. The SMILES string of the molecule is CCCCOCCCC.COC1=C(N)C(=O)c2nc(-c3nc(C(=O)O)c(C)c(-c4ccc(OC)c(OC)c4O)c3N)ccc2C1=O. The number of phenolic OH excluding ortho intramolecular Hbond substituents is 1. The fourth-order valence-corrected chi connectivity index (χ4v) is 4.78. The number of methoxy groups -OCH3 is 3. The number of Topliss-reactive ketones (excluding diaryl/α,β-unsaturated/α-hetero) is 2. The van der Waals surface area contributed by atoms with Gasteiger partial charge < -0.3 is 40.6 Å². The molecule has 4 rings (SSSR count). The van der Waals surface area contributed by atoms with E-state index in [1.54, 1.807) is 0 Å². The fraction of sp³-hybridized carbons (Fsp3) is 0.364. The number of aromatic hydroxyl groups is 1. The predicted molar refractivity (Wildman–Crippen MR) is 171 cm³/mol. The molecule has 1 aromatic carbocycles. The van der Waals surface area contributed by atoms with Crippen LogP contribution in [0, 0.1) is 6.92 Å². The standard InChI is InChI=1S/C25H22N4O8.C8H18O/c1-9-14(10-6-8-13(35-2)23(36-3)20(10)30)15(26)19(29-17(9)25(33)34)12-7-5-11-18(28-12)22(32)16(27)24(37-4)21(11)31;1-3-5-7-9-8-6-4-2/h5-8,30H,26-27H2,1-4H3,(H,33,34);3-8H2,1-2H3. The van der Waals surface area contributed by atoms with Crippen molar-refractivity contribution >= 4 is 23.2 Å². The Balaban J connectivity index is 0.000000559. The Labute approximate surface area is 267 Å². The van der Waals surface area contributed by atoms with Crippen LogP contribution in [0.2, 0.25) is 0 Å². The van der Waals surface area contributed by atoms with Crippen molar-refractivity contribution in [2.75, 3.05) is 40.3 Å². The number of unbranched alkanes of at least 4 members (excludes halogenated alkanes) is 2. The molecular weight excluding hydrogens is 596 g/mol. The smallest absolute Gasteiger partial charge is 0.354 e. The van der Waals surface area contributed by atoms with Gasteiger partial charge in [0.15, 0.2) is 23.0 Å². The molecule has 246 valence electrons. The first-order chi connectivity index (χ1) is 22.0. The summed E-state index contributed by atoms with van der Waals surface area (Å²) in [7, 11) is 3.95. The number of pyridine rings is 2. The third-order valence-electron chi connectivity index (χ3n) is 7.25. The summed E-state index contributed by atoms with van der Waals surface area (Å²) >= 11 is 0. The van der Waals surface area contributed by atoms with Crippen LogP contribution in [-0.4, -0.2) is 72.3 Å². The number of allylic oxidation sites excluding steroid dienone is 2. The molecule has 0 saturated heterocycles. The molecule has 0 radical (unpaired) electrons. The zero-order valence-electron chi connectivity index (χ0n) is 26.9. The number of carboxylic acids is 1. The van der Waals surface area contributed by atoms with E-state index >= 15 is 0 Å². The first-order valence-electron chi connectivity index (χ1n) is 14.7. The van der Waals surface area contributed by atoms with E-state index in [1.165, 1.54) is 78.2 Å². The van der Waals surface area contributed by atoms with Gasteiger partial charge in [0.1, 0.15) is 17.1 Å². The van der Waals surface area contributed by atoms with Gasteiger partial charge in [0.2, 0.25) is 17.3 Å². The number of hydrogen-bond donors (Lipinski definition) is 4. The van der Waals surface area contributed by atoms with Crippen LogP contribution in [0.25, 0.3) is 22.5 Å². The molecule has 2 heterocycles. The van der Waals surface area contributed by atoms with E-state index in [0.717, 1.165) is 13.2 Å². The van der Waals surface area contributed by atoms with E-state index in [4.69, 9.17) is 30.4 Å². The third-order valence-corrected chi connectivity index (χ3v) is 7.25. The van der Waals surface area contributed by atoms with Gasteiger partial charge >= 0.3 is 5.97 Å². The van der Waals surface area contributed by atoms with Crippen LogP contribution < -0.4 is 20.9 Å². The second-order valence-corrected chi connectivity index (χ2v) is 10.2. The number of ketones is 2. The summed E-state index contributed by atoms with van der Waals surface area (Å²) in [6.45, 7) is 7.77. The number of phenols is 1. The Kier molecular flexibility index (Phi) is 12.1. The molecule has 0 saturated carbocycles. The van der Waals surface area contributed by atoms with Gasteiger partial charge in [0.25, 0.3) is 0 Å². The number of fused-ring (bicyclic) bond motifs is 1. The molecule has 13 heteroatoms. The number of nitrogens with zero attached hydrogens (tertiary/aromatic N) is 2. The highest BCUT2D eigenvalue weighted by atomic mass is 16.5. The Hall–Kier alpha value is -5.17. The second-order valence-electron chi connectivity index (χ2n) is 10.2. The van der Waals surface area contributed by atoms with Crippen molar-refractivity contribution in [1.29, 1.82) is 0 Å². The van der Waals surface area contributed by atoms with Gasteiger partial charge in [-0.1, -0.05) is 26.7 Å². The average molecular weight is 637 g/mol. The monoisotopic (exact) mass is 636 g/mol. The first-order valence-corrected chi connectivity index (χ1v) is 14.7. The Morgan fingerprint density at radius 2 is 1.48 bits per heavy atom. The number of hydrogen-bond acceptors (Lipinski definition) is 12. The van der Waals surface area contributed by atoms with Gasteiger partial charge in [-0.25, -0.2) is 14.8 Å². The number of aromatic carboxylic acids is 1. The lowest BCUT2D eigenvalue weighted by Gasteiger charge is -2.20. The molecule has 13 nitrogen and oxygen atoms in total. The van der Waals surface area contributed by atoms with Crippen LogP contribution in [0.5, 0.6) is 17.2 Å². The summed E-state index contributed by atoms with van der Waals surface area (Å²) in [4.78, 5) is 46.0. The van der Waals surface area contributed by atoms with Crippen molar-refractivity contribution in [1.82, 2.24) is 9.97 Å². The van der Waals surface area contributed by atoms with Crippen molar-refractivity contribution in [3.05, 3.63) is 58.2 Å². The molecule has 46 heavy (non-hydrogen) atoms. The molecule has 3 aromatic rings. The molecule has 0 aliphatic heterocycles. The molecule has 2 aromatic heterocycles. The zero-order chi connectivity index (χ0) is 34.1. The lowest BCUT2D eigenvalue weighted by atomic mass is 9.93. The number of carboxylic acid groups (broad SMARTS) is 1. The minimum atomic E-state index is -1.36. The summed E-state index contributed by atoms with van der Waals surface area (Å²) in [5.74, 6) is -3.10. The number of rotatable bonds is 12. The number of nitrogens with two attached hydrogens (primary N) is 2. The summed E-state index contributed by atoms with van der Waals surface area (Å²) in [6.07, 6.45) is 4.91. The molecule has 0 atom stereocenters. The van der Waals surface area contributed by atoms with Gasteiger partial charge in [0.05, 0.1) is 38.3 Å². The van der Waals surface area contributed by atoms with Crippen LogP contribution in [-0.2, 0) is 9.47 Å². The van der Waals surface area contributed by atoms with Crippen LogP contribution in [0.15, 0.2) is 35.7 Å². The zero-order valence-corrected chi connectivity index (χ0v) is 26.9. The van der Waals surface area contributed by atoms with Gasteiger partial charge in [-0.15, -0.1) is 0 Å². The maximum Gasteiger partial charge on any atom is 0.354 e. The quantitative estimate of drug-likeness (QED) is 0.195. The summed E-state index contributed by atoms with van der Waals surface area (Å²) in [5, 5.41) is 20.8. The number of ether oxygens (including phenoxy) is 4. The largest absolute Gasteiger partial charge is 0.504 e. The van der Waals surface area contributed by atoms with E-state index < -0.39 is 23.2 Å². The lowest BCUT2D eigenvalue weighted by molar-refractivity contribution is 0.0689. The highest BCUT2D eigenvalue weighted by molar-refractivity contribution is 6.25. The molecule has 1 aliphatic rings. The molecule has 0 bridgehead atoms. The highest BCUT2D eigenvalue weighted by Crippen LogP contribution is 2.47. The molecule has 0 fully saturated rings. The Morgan fingerprint density at radius 1 is 0.848 bits per heavy atom. The van der Waals surface area contributed by atoms with E-state index in [0.29, 0.717) is 0 Å². The topological polar surface area (TPSA) is 206 Å². The minimum absolute atomic E-state index is 0.00906. The van der Waals surface area contributed by atoms with Gasteiger partial charge in [-0.2, -0.15) is 0 Å². The normalized spacial score (nSPS) is 12.3. The fourth-order valence-electron chi connectivity index (χ4n) is 4.78. The van der Waals surface area contributed by atoms with Crippen LogP contribution in [0.1, 0.15) is 76.4 Å². The Bertz CT molecular complexity index is 1660. The van der Waals surface area contributed by atoms with E-state index in [2.05, 4.69) is 23.8 Å². The molecule has 6 N–H and O–H groups in total. The maximum atomic E-state index is 12.8. The van der Waals surface area contributed by atoms with Crippen molar-refractivity contribution in [3.63, 3.8) is 0 Å². The van der Waals surface area contributed by atoms with E-state index in [-0.39, 0.29) is 73.7 Å². The van der Waals surface area contributed by atoms with Gasteiger partial charge in [-0.3, -0.25) is 9.59 Å². The number of carbonyl (C=O) groups excluding carboxylic acids is 2. The van der Waals surface area contributed by atoms with Crippen LogP contribution >= 0.6 is 0 Å². The molecule has 0 unspecified atom stereocenters. The highest BCUT2D eigenvalue weighted by Gasteiger charge is 2.34. The van der Waals surface area contributed by atoms with Crippen molar-refractivity contribution in [3.8, 4) is 39.8 Å². The minimum Gasteiger partial charge on any atom is -0.504 e. The van der Waals surface area contributed by atoms with Crippen LogP contribution in [0.3, 0.4) is 0 Å². The summed E-state index contributed by atoms with van der Waals surface area (Å²) in [6, 6.07) is 5.72. The van der Waals surface area contributed by atoms with Crippen molar-refractivity contribution < 1.29 is 43.5 Å². The summed E-state index contributed by atoms with van der Waals surface area (Å²) in [5.41, 5.74) is 11.6. The number of carbonyl (C=O) groups is 3. The average Bonchev–Trinajstić information content (AvgIpc) is 3.04. The van der Waals surface area contributed by atoms with E-state index in [1.807, 2.05) is 0 Å². The lowest BCUT2D eigenvalue weighted by Crippen LogP contribution is -2.28. The van der Waals surface area contributed by atoms with Gasteiger partial charge in [0, 0.05) is 24.3 Å². The summed E-state index contributed by atoms with van der Waals surface area (Å²) < 4.78 is 20.7. The van der Waals surface area contributed by atoms with Crippen LogP contribution in [0.4, 0.5) is 5.69 Å². The molecular formula is C33H40N4O9. The molecule has 0 amide bonds. The molecule has 1 aliphatic carbocycles. The number of nitrogen functional groups attached to an aromatic ring is 1. The first kappa shape index (κ1) is 35.3. The van der Waals surface area contributed by atoms with Crippen molar-refractivity contribution in [2.24, 2.45) is 5.73 Å². The van der Waals surface area contributed by atoms with Crippen molar-refractivity contribution in [2.45, 2.75) is 46.5 Å². The third kappa shape index (κ3) is 7.04. The predicted octanol–water partition coefficient (Wildman–Crippen LogP) is 4.92. The number of aromatic nitrogens is 2. The number of anilines is 1.